The molecule has 6 aliphatic rings. The lowest BCUT2D eigenvalue weighted by molar-refractivity contribution is -0.131. The molecule has 2 fully saturated rings. The summed E-state index contributed by atoms with van der Waals surface area (Å²) in [6, 6.07) is 27.7. The minimum Gasteiger partial charge on any atom is -0.370 e. The van der Waals surface area contributed by atoms with Crippen LogP contribution in [0.2, 0.25) is 5.02 Å². The molecule has 2 amide bonds. The summed E-state index contributed by atoms with van der Waals surface area (Å²) < 4.78 is 2.28. The predicted octanol–water partition coefficient (Wildman–Crippen LogP) is 5.89. The number of hydrogen-bond acceptors (Lipinski definition) is 6. The van der Waals surface area contributed by atoms with Crippen LogP contribution >= 0.6 is 11.6 Å². The Kier molecular flexibility index (Phi) is 8.13. The zero-order chi connectivity index (χ0) is 36.6. The van der Waals surface area contributed by atoms with E-state index in [2.05, 4.69) is 26.5 Å². The highest BCUT2D eigenvalue weighted by Crippen LogP contribution is 2.58. The van der Waals surface area contributed by atoms with Crippen molar-refractivity contribution in [2.75, 3.05) is 13.1 Å². The normalized spacial score (nSPS) is 30.9. The number of aldehydes is 2. The van der Waals surface area contributed by atoms with E-state index in [1.54, 1.807) is 0 Å². The van der Waals surface area contributed by atoms with E-state index in [-0.39, 0.29) is 24.9 Å². The van der Waals surface area contributed by atoms with E-state index in [0.717, 1.165) is 77.6 Å². The van der Waals surface area contributed by atoms with Gasteiger partial charge in [0.05, 0.1) is 12.1 Å². The third-order valence-electron chi connectivity index (χ3n) is 13.1. The molecule has 1 aromatic heterocycles. The van der Waals surface area contributed by atoms with Crippen molar-refractivity contribution in [3.05, 3.63) is 124 Å². The summed E-state index contributed by atoms with van der Waals surface area (Å²) >= 11 is 6.43. The van der Waals surface area contributed by atoms with Crippen LogP contribution in [0.5, 0.6) is 0 Å². The molecule has 4 N–H and O–H groups in total. The molecule has 268 valence electrons. The predicted molar refractivity (Wildman–Crippen MR) is 199 cm³/mol. The number of primary amides is 2. The number of nitrogens with zero attached hydrogens (tertiary/aromatic N) is 3. The standard InChI is InChI=1S/C42H44ClN5O4/c1-39(23-37(44)51)27-7-11-29(12-8-27)41(39,25-49)46-21-3-5-33(46)35-19-20-36(48(35)32-17-15-31(43)16-18-32)34-6-4-22-47(34)42(26-50)30-13-9-28(10-14-30)40(42,2)24-38(45)52/h7-20,25-26,33-34H,3-6,21-24H2,1-2H3,(H2,44,51)(H2,45,52)/t33?,34?,39?,40?,41-,42-/m0/s1. The van der Waals surface area contributed by atoms with Crippen LogP contribution in [0, 0.1) is 0 Å². The lowest BCUT2D eigenvalue weighted by Crippen LogP contribution is -2.62. The molecule has 0 saturated carbocycles. The monoisotopic (exact) mass is 717 g/mol. The molecule has 0 radical (unpaired) electrons. The minimum atomic E-state index is -1.11. The van der Waals surface area contributed by atoms with Crippen LogP contribution < -0.4 is 11.5 Å². The van der Waals surface area contributed by atoms with Crippen LogP contribution in [0.3, 0.4) is 0 Å². The Morgan fingerprint density at radius 3 is 1.40 bits per heavy atom. The number of aromatic nitrogens is 1. The first-order valence-electron chi connectivity index (χ1n) is 18.2. The summed E-state index contributed by atoms with van der Waals surface area (Å²) in [6.07, 6.45) is 5.43. The number of carbonyl (C=O) groups excluding carboxylic acids is 4. The first kappa shape index (κ1) is 34.5. The third kappa shape index (κ3) is 4.55. The van der Waals surface area contributed by atoms with Crippen molar-refractivity contribution in [3.63, 3.8) is 0 Å². The van der Waals surface area contributed by atoms with Gasteiger partial charge in [0.25, 0.3) is 0 Å². The first-order chi connectivity index (χ1) is 24.9. The second-order valence-corrected chi connectivity index (χ2v) is 16.0. The summed E-state index contributed by atoms with van der Waals surface area (Å²) in [4.78, 5) is 57.3. The molecule has 10 rings (SSSR count). The zero-order valence-corrected chi connectivity index (χ0v) is 30.3. The van der Waals surface area contributed by atoms with Crippen LogP contribution in [-0.2, 0) is 41.1 Å². The Hall–Kier alpha value is -4.57. The van der Waals surface area contributed by atoms with Crippen LogP contribution in [-0.4, -0.2) is 51.8 Å². The van der Waals surface area contributed by atoms with Crippen molar-refractivity contribution in [2.45, 2.75) is 86.4 Å². The highest BCUT2D eigenvalue weighted by Gasteiger charge is 2.61. The van der Waals surface area contributed by atoms with Gasteiger partial charge in [-0.3, -0.25) is 19.4 Å². The first-order valence-corrected chi connectivity index (χ1v) is 18.6. The van der Waals surface area contributed by atoms with E-state index in [4.69, 9.17) is 23.1 Å². The maximum Gasteiger partial charge on any atom is 0.218 e. The molecular formula is C42H44ClN5O4. The SMILES string of the molecule is CC1(CC(N)=O)c2ccc(cc2)[C@]1(C=O)N1CCCC1c1ccc(C2CCCN2[C@@]2(C=O)c3ccc(cc3)C2(C)CC(N)=O)n1-c1ccc(Cl)cc1. The third-order valence-corrected chi connectivity index (χ3v) is 13.4. The minimum absolute atomic E-state index is 0.0293. The van der Waals surface area contributed by atoms with E-state index >= 15 is 0 Å². The molecule has 10 heteroatoms. The molecule has 3 aromatic carbocycles. The molecule has 2 aliphatic heterocycles. The Labute approximate surface area is 308 Å². The van der Waals surface area contributed by atoms with Gasteiger partial charge >= 0.3 is 0 Å². The molecular weight excluding hydrogens is 674 g/mol. The molecule has 3 heterocycles. The van der Waals surface area contributed by atoms with Gasteiger partial charge in [0.15, 0.2) is 0 Å². The lowest BCUT2D eigenvalue weighted by atomic mass is 9.57. The van der Waals surface area contributed by atoms with E-state index < -0.39 is 33.7 Å². The number of fused-ring (bicyclic) bond motifs is 6. The number of rotatable bonds is 11. The van der Waals surface area contributed by atoms with Crippen molar-refractivity contribution in [3.8, 4) is 5.69 Å². The highest BCUT2D eigenvalue weighted by atomic mass is 35.5. The summed E-state index contributed by atoms with van der Waals surface area (Å²) in [5, 5.41) is 0.615. The van der Waals surface area contributed by atoms with E-state index in [1.165, 1.54) is 0 Å². The average Bonchev–Trinajstić information content (AvgIpc) is 3.90. The number of carbonyl (C=O) groups is 4. The number of amides is 2. The van der Waals surface area contributed by atoms with Gasteiger partial charge in [0.2, 0.25) is 11.8 Å². The van der Waals surface area contributed by atoms with Crippen LogP contribution in [0.15, 0.2) is 84.9 Å². The van der Waals surface area contributed by atoms with Gasteiger partial charge < -0.3 is 25.6 Å². The van der Waals surface area contributed by atoms with Gasteiger partial charge in [-0.25, -0.2) is 0 Å². The molecule has 0 spiro atoms. The number of benzene rings is 3. The van der Waals surface area contributed by atoms with Crippen molar-refractivity contribution in [1.29, 1.82) is 0 Å². The fourth-order valence-electron chi connectivity index (χ4n) is 10.8. The molecule has 2 saturated heterocycles. The van der Waals surface area contributed by atoms with Crippen LogP contribution in [0.1, 0.15) is 98.1 Å². The molecule has 4 unspecified atom stereocenters. The van der Waals surface area contributed by atoms with E-state index in [1.807, 2.05) is 86.6 Å². The number of hydrogen-bond donors (Lipinski definition) is 2. The van der Waals surface area contributed by atoms with Crippen LogP contribution in [0.4, 0.5) is 0 Å². The fourth-order valence-corrected chi connectivity index (χ4v) is 10.9. The van der Waals surface area contributed by atoms with Crippen molar-refractivity contribution >= 4 is 36.0 Å². The second kappa shape index (κ2) is 12.3. The zero-order valence-electron chi connectivity index (χ0n) is 29.6. The summed E-state index contributed by atoms with van der Waals surface area (Å²) in [6.45, 7) is 5.29. The van der Waals surface area contributed by atoms with Gasteiger partial charge in [-0.2, -0.15) is 0 Å². The van der Waals surface area contributed by atoms with Crippen molar-refractivity contribution in [2.24, 2.45) is 11.5 Å². The smallest absolute Gasteiger partial charge is 0.218 e. The maximum atomic E-state index is 13.7. The van der Waals surface area contributed by atoms with Gasteiger partial charge in [0, 0.05) is 58.9 Å². The van der Waals surface area contributed by atoms with Gasteiger partial charge in [-0.1, -0.05) is 74.0 Å². The number of nitrogens with two attached hydrogens (primary N) is 2. The number of halogens is 1. The molecule has 4 aliphatic carbocycles. The van der Waals surface area contributed by atoms with E-state index in [0.29, 0.717) is 18.1 Å². The van der Waals surface area contributed by atoms with Crippen molar-refractivity contribution in [1.82, 2.24) is 14.4 Å². The topological polar surface area (TPSA) is 132 Å². The Bertz CT molecular complexity index is 1960. The average molecular weight is 718 g/mol. The lowest BCUT2D eigenvalue weighted by Gasteiger charge is -2.55. The quantitative estimate of drug-likeness (QED) is 0.186. The largest absolute Gasteiger partial charge is 0.370 e. The Morgan fingerprint density at radius 1 is 0.654 bits per heavy atom. The Morgan fingerprint density at radius 2 is 1.04 bits per heavy atom. The molecule has 6 atom stereocenters. The number of likely N-dealkylation sites (tertiary alicyclic amines) is 2. The van der Waals surface area contributed by atoms with Crippen molar-refractivity contribution < 1.29 is 19.2 Å². The van der Waals surface area contributed by atoms with E-state index in [9.17, 15) is 19.2 Å². The van der Waals surface area contributed by atoms with Gasteiger partial charge in [-0.15, -0.1) is 0 Å². The van der Waals surface area contributed by atoms with Gasteiger partial charge in [-0.05, 0) is 84.3 Å². The summed E-state index contributed by atoms with van der Waals surface area (Å²) in [5.74, 6) is -0.908. The van der Waals surface area contributed by atoms with Crippen LogP contribution in [0.25, 0.3) is 5.69 Å². The fraction of sp³-hybridized carbons (Fsp3) is 0.381. The molecule has 4 aromatic rings. The second-order valence-electron chi connectivity index (χ2n) is 15.6. The summed E-state index contributed by atoms with van der Waals surface area (Å²) in [7, 11) is 0. The van der Waals surface area contributed by atoms with Gasteiger partial charge in [0.1, 0.15) is 23.7 Å². The maximum absolute atomic E-state index is 13.7. The Balaban J connectivity index is 1.29. The highest BCUT2D eigenvalue weighted by molar-refractivity contribution is 6.30. The molecule has 9 nitrogen and oxygen atoms in total. The molecule has 52 heavy (non-hydrogen) atoms. The molecule has 4 bridgehead atoms. The summed E-state index contributed by atoms with van der Waals surface area (Å²) in [5.41, 5.74) is 14.3.